The van der Waals surface area contributed by atoms with Crippen LogP contribution in [0.4, 0.5) is 0 Å². The third-order valence-corrected chi connectivity index (χ3v) is 4.91. The third kappa shape index (κ3) is 4.73. The molecule has 0 heterocycles. The maximum atomic E-state index is 5.76. The molecule has 0 aliphatic rings. The molecular formula is C8H23N3OSi. The zero-order chi connectivity index (χ0) is 10.2. The summed E-state index contributed by atoms with van der Waals surface area (Å²) < 4.78 is 5.76. The molecule has 0 saturated heterocycles. The van der Waals surface area contributed by atoms with Crippen LogP contribution < -0.4 is 14.9 Å². The topological polar surface area (TPSA) is 45.3 Å². The van der Waals surface area contributed by atoms with E-state index in [1.54, 1.807) is 0 Å². The van der Waals surface area contributed by atoms with Crippen molar-refractivity contribution in [3.63, 3.8) is 0 Å². The molecule has 0 rings (SSSR count). The van der Waals surface area contributed by atoms with Crippen molar-refractivity contribution in [1.82, 2.24) is 14.9 Å². The van der Waals surface area contributed by atoms with Crippen molar-refractivity contribution >= 4 is 8.80 Å². The van der Waals surface area contributed by atoms with Gasteiger partial charge >= 0.3 is 8.80 Å². The van der Waals surface area contributed by atoms with Gasteiger partial charge in [0, 0.05) is 6.61 Å². The fourth-order valence-electron chi connectivity index (χ4n) is 1.30. The fraction of sp³-hybridized carbons (Fsp3) is 1.00. The highest BCUT2D eigenvalue weighted by Gasteiger charge is 2.33. The van der Waals surface area contributed by atoms with Crippen molar-refractivity contribution in [3.8, 4) is 0 Å². The standard InChI is InChI=1S/C8H23N3OSi/c1-5-9-13(10-6-2,11-7-3)12-8-4/h9-11H,5-8H2,1-4H3. The molecule has 13 heavy (non-hydrogen) atoms. The summed E-state index contributed by atoms with van der Waals surface area (Å²) in [5.41, 5.74) is 0. The lowest BCUT2D eigenvalue weighted by Crippen LogP contribution is -2.74. The molecule has 3 N–H and O–H groups in total. The van der Waals surface area contributed by atoms with Crippen LogP contribution in [0.15, 0.2) is 0 Å². The molecule has 0 aromatic heterocycles. The highest BCUT2D eigenvalue weighted by atomic mass is 28.4. The predicted molar refractivity (Wildman–Crippen MR) is 58.4 cm³/mol. The average molecular weight is 205 g/mol. The lowest BCUT2D eigenvalue weighted by molar-refractivity contribution is 0.288. The van der Waals surface area contributed by atoms with E-state index < -0.39 is 8.80 Å². The molecule has 0 amide bonds. The SMILES string of the molecule is CCN[Si](NCC)(NCC)OCC. The molecular weight excluding hydrogens is 182 g/mol. The van der Waals surface area contributed by atoms with Gasteiger partial charge in [-0.05, 0) is 26.6 Å². The lowest BCUT2D eigenvalue weighted by atomic mass is 10.8. The molecule has 0 aromatic rings. The van der Waals surface area contributed by atoms with Gasteiger partial charge in [-0.3, -0.25) is 14.9 Å². The van der Waals surface area contributed by atoms with Crippen LogP contribution in [-0.4, -0.2) is 35.0 Å². The number of nitrogens with one attached hydrogen (secondary N) is 3. The predicted octanol–water partition coefficient (Wildman–Crippen LogP) is 0.287. The summed E-state index contributed by atoms with van der Waals surface area (Å²) in [6.07, 6.45) is 0. The van der Waals surface area contributed by atoms with Gasteiger partial charge in [-0.15, -0.1) is 0 Å². The van der Waals surface area contributed by atoms with E-state index >= 15 is 0 Å². The van der Waals surface area contributed by atoms with Gasteiger partial charge in [0.15, 0.2) is 0 Å². The molecule has 0 bridgehead atoms. The first kappa shape index (κ1) is 13.1. The molecule has 0 aliphatic heterocycles. The van der Waals surface area contributed by atoms with Gasteiger partial charge in [-0.1, -0.05) is 20.8 Å². The lowest BCUT2D eigenvalue weighted by Gasteiger charge is -2.31. The van der Waals surface area contributed by atoms with Gasteiger partial charge in [0.25, 0.3) is 0 Å². The van der Waals surface area contributed by atoms with Crippen LogP contribution in [0.3, 0.4) is 0 Å². The zero-order valence-corrected chi connectivity index (χ0v) is 10.2. The molecule has 0 unspecified atom stereocenters. The van der Waals surface area contributed by atoms with Crippen molar-refractivity contribution in [2.75, 3.05) is 26.2 Å². The molecule has 0 radical (unpaired) electrons. The van der Waals surface area contributed by atoms with Crippen molar-refractivity contribution in [3.05, 3.63) is 0 Å². The Labute approximate surface area is 82.8 Å². The summed E-state index contributed by atoms with van der Waals surface area (Å²) in [4.78, 5) is 10.2. The van der Waals surface area contributed by atoms with Crippen LogP contribution in [0.1, 0.15) is 27.7 Å². The molecule has 0 aromatic carbocycles. The van der Waals surface area contributed by atoms with Gasteiger partial charge in [0.1, 0.15) is 0 Å². The van der Waals surface area contributed by atoms with Crippen LogP contribution >= 0.6 is 0 Å². The number of hydrogen-bond donors (Lipinski definition) is 3. The van der Waals surface area contributed by atoms with Crippen molar-refractivity contribution in [2.24, 2.45) is 0 Å². The summed E-state index contributed by atoms with van der Waals surface area (Å²) in [6, 6.07) is 0. The Hall–Kier alpha value is 0.0569. The van der Waals surface area contributed by atoms with Crippen LogP contribution in [0.25, 0.3) is 0 Å². The molecule has 0 saturated carbocycles. The Morgan fingerprint density at radius 2 is 1.23 bits per heavy atom. The Morgan fingerprint density at radius 3 is 1.46 bits per heavy atom. The minimum Gasteiger partial charge on any atom is -0.380 e. The normalized spacial score (nSPS) is 12.0. The summed E-state index contributed by atoms with van der Waals surface area (Å²) in [5, 5.41) is 0. The van der Waals surface area contributed by atoms with Gasteiger partial charge in [0.05, 0.1) is 0 Å². The molecule has 80 valence electrons. The molecule has 4 nitrogen and oxygen atoms in total. The number of rotatable bonds is 8. The largest absolute Gasteiger partial charge is 0.440 e. The molecule has 0 fully saturated rings. The first-order chi connectivity index (χ1) is 6.24. The maximum absolute atomic E-state index is 5.76. The van der Waals surface area contributed by atoms with E-state index in [1.807, 2.05) is 6.92 Å². The van der Waals surface area contributed by atoms with Gasteiger partial charge in [0.2, 0.25) is 0 Å². The van der Waals surface area contributed by atoms with E-state index in [2.05, 4.69) is 35.7 Å². The first-order valence-corrected chi connectivity index (χ1v) is 7.04. The maximum Gasteiger partial charge on any atom is 0.440 e. The van der Waals surface area contributed by atoms with Gasteiger partial charge in [-0.2, -0.15) is 0 Å². The van der Waals surface area contributed by atoms with E-state index in [0.29, 0.717) is 0 Å². The smallest absolute Gasteiger partial charge is 0.380 e. The molecule has 5 heteroatoms. The van der Waals surface area contributed by atoms with Crippen LogP contribution in [-0.2, 0) is 4.43 Å². The average Bonchev–Trinajstić information content (AvgIpc) is 2.06. The van der Waals surface area contributed by atoms with Crippen molar-refractivity contribution in [1.29, 1.82) is 0 Å². The quantitative estimate of drug-likeness (QED) is 0.498. The number of hydrogen-bond acceptors (Lipinski definition) is 4. The Balaban J connectivity index is 4.19. The minimum atomic E-state index is -2.05. The summed E-state index contributed by atoms with van der Waals surface area (Å²) in [5.74, 6) is 0. The fourth-order valence-corrected chi connectivity index (χ4v) is 3.91. The summed E-state index contributed by atoms with van der Waals surface area (Å²) in [6.45, 7) is 11.8. The first-order valence-electron chi connectivity index (χ1n) is 5.13. The van der Waals surface area contributed by atoms with Crippen molar-refractivity contribution < 1.29 is 4.43 Å². The second-order valence-electron chi connectivity index (χ2n) is 2.71. The van der Waals surface area contributed by atoms with Crippen LogP contribution in [0, 0.1) is 0 Å². The van der Waals surface area contributed by atoms with E-state index in [0.717, 1.165) is 26.2 Å². The van der Waals surface area contributed by atoms with E-state index in [1.165, 1.54) is 0 Å². The third-order valence-electron chi connectivity index (χ3n) is 1.64. The van der Waals surface area contributed by atoms with Crippen LogP contribution in [0.2, 0.25) is 0 Å². The molecule has 0 atom stereocenters. The monoisotopic (exact) mass is 205 g/mol. The Kier molecular flexibility index (Phi) is 7.49. The van der Waals surface area contributed by atoms with Gasteiger partial charge < -0.3 is 4.43 Å². The Bertz CT molecular complexity index is 94.4. The highest BCUT2D eigenvalue weighted by Crippen LogP contribution is 1.91. The second-order valence-corrected chi connectivity index (χ2v) is 5.42. The second kappa shape index (κ2) is 7.46. The Morgan fingerprint density at radius 1 is 0.846 bits per heavy atom. The van der Waals surface area contributed by atoms with E-state index in [-0.39, 0.29) is 0 Å². The zero-order valence-electron chi connectivity index (χ0n) is 9.24. The van der Waals surface area contributed by atoms with E-state index in [9.17, 15) is 0 Å². The molecule has 0 aliphatic carbocycles. The molecule has 0 spiro atoms. The highest BCUT2D eigenvalue weighted by molar-refractivity contribution is 6.66. The van der Waals surface area contributed by atoms with Crippen molar-refractivity contribution in [2.45, 2.75) is 27.7 Å². The minimum absolute atomic E-state index is 0.735. The van der Waals surface area contributed by atoms with E-state index in [4.69, 9.17) is 4.43 Å². The summed E-state index contributed by atoms with van der Waals surface area (Å²) >= 11 is 0. The van der Waals surface area contributed by atoms with Crippen LogP contribution in [0.5, 0.6) is 0 Å². The van der Waals surface area contributed by atoms with Gasteiger partial charge in [-0.25, -0.2) is 0 Å². The summed E-state index contributed by atoms with van der Waals surface area (Å²) in [7, 11) is -2.05.